The first-order valence-electron chi connectivity index (χ1n) is 7.67. The summed E-state index contributed by atoms with van der Waals surface area (Å²) in [5.41, 5.74) is 6.73. The molecular weight excluding hydrogens is 308 g/mol. The van der Waals surface area contributed by atoms with Crippen molar-refractivity contribution in [2.75, 3.05) is 13.2 Å². The van der Waals surface area contributed by atoms with E-state index in [4.69, 9.17) is 15.2 Å². The number of carbonyl (C=O) groups is 2. The summed E-state index contributed by atoms with van der Waals surface area (Å²) in [5, 5.41) is 2.68. The molecular formula is C18H18N2O4. The van der Waals surface area contributed by atoms with Crippen LogP contribution in [0.15, 0.2) is 48.5 Å². The molecule has 2 aromatic carbocycles. The summed E-state index contributed by atoms with van der Waals surface area (Å²) in [5.74, 6) is 0.164. The smallest absolute Gasteiger partial charge is 0.252 e. The van der Waals surface area contributed by atoms with E-state index in [0.717, 1.165) is 5.56 Å². The molecule has 124 valence electrons. The predicted octanol–water partition coefficient (Wildman–Crippen LogP) is 1.28. The third-order valence-electron chi connectivity index (χ3n) is 3.74. The zero-order valence-corrected chi connectivity index (χ0v) is 13.0. The van der Waals surface area contributed by atoms with Gasteiger partial charge in [0.05, 0.1) is 0 Å². The predicted molar refractivity (Wildman–Crippen MR) is 88.0 cm³/mol. The largest absolute Gasteiger partial charge is 0.486 e. The standard InChI is InChI=1S/C18H18N2O4/c19-17(21)14(10-12-4-2-1-3-5-12)20-18(22)13-6-7-15-16(11-13)24-9-8-23-15/h1-7,11,14H,8-10H2,(H2,19,21)(H,20,22)/t14-/m1/s1. The molecule has 0 unspecified atom stereocenters. The SMILES string of the molecule is NC(=O)[C@@H](Cc1ccccc1)NC(=O)c1ccc2c(c1)OCCO2. The molecule has 2 amide bonds. The molecule has 1 aliphatic rings. The molecule has 0 fully saturated rings. The molecule has 3 N–H and O–H groups in total. The fourth-order valence-corrected chi connectivity index (χ4v) is 2.50. The first kappa shape index (κ1) is 15.9. The zero-order valence-electron chi connectivity index (χ0n) is 13.0. The lowest BCUT2D eigenvalue weighted by molar-refractivity contribution is -0.119. The van der Waals surface area contributed by atoms with Crippen molar-refractivity contribution >= 4 is 11.8 Å². The number of amides is 2. The molecule has 0 spiro atoms. The first-order valence-corrected chi connectivity index (χ1v) is 7.67. The number of benzene rings is 2. The zero-order chi connectivity index (χ0) is 16.9. The van der Waals surface area contributed by atoms with Crippen molar-refractivity contribution in [1.29, 1.82) is 0 Å². The molecule has 0 aromatic heterocycles. The van der Waals surface area contributed by atoms with E-state index in [2.05, 4.69) is 5.32 Å². The highest BCUT2D eigenvalue weighted by Gasteiger charge is 2.21. The molecule has 1 atom stereocenters. The van der Waals surface area contributed by atoms with Gasteiger partial charge in [0, 0.05) is 12.0 Å². The van der Waals surface area contributed by atoms with Gasteiger partial charge in [-0.1, -0.05) is 30.3 Å². The number of carbonyl (C=O) groups excluding carboxylic acids is 2. The van der Waals surface area contributed by atoms with Gasteiger partial charge < -0.3 is 20.5 Å². The van der Waals surface area contributed by atoms with Gasteiger partial charge in [-0.3, -0.25) is 9.59 Å². The van der Waals surface area contributed by atoms with Gasteiger partial charge in [0.25, 0.3) is 5.91 Å². The molecule has 0 bridgehead atoms. The highest BCUT2D eigenvalue weighted by molar-refractivity contribution is 5.97. The third kappa shape index (κ3) is 3.65. The van der Waals surface area contributed by atoms with Gasteiger partial charge >= 0.3 is 0 Å². The Hall–Kier alpha value is -3.02. The maximum Gasteiger partial charge on any atom is 0.252 e. The second-order valence-corrected chi connectivity index (χ2v) is 5.48. The molecule has 0 radical (unpaired) electrons. The van der Waals surface area contributed by atoms with Crippen LogP contribution in [0.4, 0.5) is 0 Å². The number of hydrogen-bond donors (Lipinski definition) is 2. The second kappa shape index (κ2) is 7.04. The van der Waals surface area contributed by atoms with E-state index < -0.39 is 11.9 Å². The lowest BCUT2D eigenvalue weighted by Crippen LogP contribution is -2.45. The van der Waals surface area contributed by atoms with Gasteiger partial charge in [0.1, 0.15) is 19.3 Å². The Morgan fingerprint density at radius 2 is 1.75 bits per heavy atom. The molecule has 0 aliphatic carbocycles. The number of fused-ring (bicyclic) bond motifs is 1. The minimum absolute atomic E-state index is 0.340. The van der Waals surface area contributed by atoms with Gasteiger partial charge in [-0.05, 0) is 23.8 Å². The van der Waals surface area contributed by atoms with E-state index >= 15 is 0 Å². The first-order chi connectivity index (χ1) is 11.6. The van der Waals surface area contributed by atoms with Crippen molar-refractivity contribution in [3.05, 3.63) is 59.7 Å². The minimum atomic E-state index is -0.784. The average molecular weight is 326 g/mol. The molecule has 1 heterocycles. The van der Waals surface area contributed by atoms with Gasteiger partial charge in [-0.25, -0.2) is 0 Å². The Morgan fingerprint density at radius 3 is 2.46 bits per heavy atom. The number of nitrogens with two attached hydrogens (primary N) is 1. The summed E-state index contributed by atoms with van der Waals surface area (Å²) >= 11 is 0. The maximum absolute atomic E-state index is 12.4. The summed E-state index contributed by atoms with van der Waals surface area (Å²) < 4.78 is 10.9. The van der Waals surface area contributed by atoms with Crippen LogP contribution in [-0.2, 0) is 11.2 Å². The summed E-state index contributed by atoms with van der Waals surface area (Å²) in [6, 6.07) is 13.5. The van der Waals surface area contributed by atoms with E-state index in [1.807, 2.05) is 30.3 Å². The molecule has 2 aromatic rings. The highest BCUT2D eigenvalue weighted by Crippen LogP contribution is 2.30. The van der Waals surface area contributed by atoms with E-state index in [-0.39, 0.29) is 5.91 Å². The average Bonchev–Trinajstić information content (AvgIpc) is 2.61. The van der Waals surface area contributed by atoms with Crippen LogP contribution in [-0.4, -0.2) is 31.1 Å². The Labute approximate surface area is 139 Å². The van der Waals surface area contributed by atoms with Crippen LogP contribution in [0, 0.1) is 0 Å². The van der Waals surface area contributed by atoms with Crippen LogP contribution in [0.2, 0.25) is 0 Å². The van der Waals surface area contributed by atoms with Gasteiger partial charge in [0.2, 0.25) is 5.91 Å². The maximum atomic E-state index is 12.4. The van der Waals surface area contributed by atoms with Crippen LogP contribution in [0.3, 0.4) is 0 Å². The molecule has 6 nitrogen and oxygen atoms in total. The van der Waals surface area contributed by atoms with Crippen LogP contribution >= 0.6 is 0 Å². The van der Waals surface area contributed by atoms with Crippen molar-refractivity contribution in [2.45, 2.75) is 12.5 Å². The topological polar surface area (TPSA) is 90.7 Å². The summed E-state index contributed by atoms with van der Waals surface area (Å²) in [6.07, 6.45) is 0.340. The fraction of sp³-hybridized carbons (Fsp3) is 0.222. The normalized spacial score (nSPS) is 13.8. The van der Waals surface area contributed by atoms with Crippen LogP contribution < -0.4 is 20.5 Å². The van der Waals surface area contributed by atoms with Crippen molar-refractivity contribution in [2.24, 2.45) is 5.73 Å². The summed E-state index contributed by atoms with van der Waals surface area (Å²) in [7, 11) is 0. The number of ether oxygens (including phenoxy) is 2. The molecule has 0 saturated carbocycles. The second-order valence-electron chi connectivity index (χ2n) is 5.48. The van der Waals surface area contributed by atoms with Gasteiger partial charge in [0.15, 0.2) is 11.5 Å². The Kier molecular flexibility index (Phi) is 4.65. The van der Waals surface area contributed by atoms with E-state index in [1.54, 1.807) is 18.2 Å². The number of rotatable bonds is 5. The van der Waals surface area contributed by atoms with Crippen LogP contribution in [0.5, 0.6) is 11.5 Å². The van der Waals surface area contributed by atoms with Gasteiger partial charge in [-0.15, -0.1) is 0 Å². The summed E-state index contributed by atoms with van der Waals surface area (Å²) in [4.78, 5) is 24.1. The molecule has 6 heteroatoms. The van der Waals surface area contributed by atoms with Crippen LogP contribution in [0.1, 0.15) is 15.9 Å². The monoisotopic (exact) mass is 326 g/mol. The van der Waals surface area contributed by atoms with Crippen molar-refractivity contribution in [1.82, 2.24) is 5.32 Å². The molecule has 0 saturated heterocycles. The Balaban J connectivity index is 1.72. The van der Waals surface area contributed by atoms with Crippen molar-refractivity contribution in [3.8, 4) is 11.5 Å². The van der Waals surface area contributed by atoms with Gasteiger partial charge in [-0.2, -0.15) is 0 Å². The number of nitrogens with one attached hydrogen (secondary N) is 1. The van der Waals surface area contributed by atoms with Crippen molar-refractivity contribution < 1.29 is 19.1 Å². The van der Waals surface area contributed by atoms with E-state index in [9.17, 15) is 9.59 Å². The third-order valence-corrected chi connectivity index (χ3v) is 3.74. The van der Waals surface area contributed by atoms with Crippen molar-refractivity contribution in [3.63, 3.8) is 0 Å². The van der Waals surface area contributed by atoms with E-state index in [0.29, 0.717) is 36.7 Å². The number of primary amides is 1. The lowest BCUT2D eigenvalue weighted by Gasteiger charge is -2.19. The Morgan fingerprint density at radius 1 is 1.04 bits per heavy atom. The quantitative estimate of drug-likeness (QED) is 0.866. The summed E-state index contributed by atoms with van der Waals surface area (Å²) in [6.45, 7) is 0.926. The molecule has 3 rings (SSSR count). The highest BCUT2D eigenvalue weighted by atomic mass is 16.6. The van der Waals surface area contributed by atoms with E-state index in [1.165, 1.54) is 0 Å². The fourth-order valence-electron chi connectivity index (χ4n) is 2.50. The Bertz CT molecular complexity index is 746. The van der Waals surface area contributed by atoms with Crippen LogP contribution in [0.25, 0.3) is 0 Å². The lowest BCUT2D eigenvalue weighted by atomic mass is 10.0. The molecule has 24 heavy (non-hydrogen) atoms. The molecule has 1 aliphatic heterocycles. The minimum Gasteiger partial charge on any atom is -0.486 e. The number of hydrogen-bond acceptors (Lipinski definition) is 4.